The molecule has 96 valence electrons. The number of hydrogen-bond acceptors (Lipinski definition) is 2. The number of carbonyl (C=O) groups excluding carboxylic acids is 1. The van der Waals surface area contributed by atoms with Gasteiger partial charge in [-0.3, -0.25) is 4.79 Å². The maximum atomic E-state index is 11.5. The maximum absolute atomic E-state index is 11.5. The number of para-hydroxylation sites is 1. The minimum absolute atomic E-state index is 0.0928. The number of hydrogen-bond donors (Lipinski definition) is 1. The van der Waals surface area contributed by atoms with Crippen LogP contribution in [0, 0.1) is 0 Å². The molecule has 2 rings (SSSR count). The first-order valence-electron chi connectivity index (χ1n) is 6.03. The number of benzene rings is 1. The van der Waals surface area contributed by atoms with Crippen molar-refractivity contribution in [1.29, 1.82) is 0 Å². The lowest BCUT2D eigenvalue weighted by atomic mass is 10.2. The molecule has 0 saturated heterocycles. The molecule has 4 nitrogen and oxygen atoms in total. The SMILES string of the molecule is CN(C)C(=O)CNCc1cn(C)c2ccccc12. The van der Waals surface area contributed by atoms with E-state index in [1.165, 1.54) is 16.5 Å². The van der Waals surface area contributed by atoms with E-state index in [4.69, 9.17) is 0 Å². The minimum atomic E-state index is 0.0928. The molecule has 1 heterocycles. The Hall–Kier alpha value is -1.81. The number of nitrogens with one attached hydrogen (secondary N) is 1. The summed E-state index contributed by atoms with van der Waals surface area (Å²) in [6.07, 6.45) is 2.11. The van der Waals surface area contributed by atoms with Gasteiger partial charge in [0.25, 0.3) is 0 Å². The third-order valence-electron chi connectivity index (χ3n) is 3.07. The first-order valence-corrected chi connectivity index (χ1v) is 6.03. The molecule has 1 N–H and O–H groups in total. The lowest BCUT2D eigenvalue weighted by molar-refractivity contribution is -0.127. The van der Waals surface area contributed by atoms with E-state index < -0.39 is 0 Å². The monoisotopic (exact) mass is 245 g/mol. The minimum Gasteiger partial charge on any atom is -0.350 e. The summed E-state index contributed by atoms with van der Waals surface area (Å²) in [4.78, 5) is 13.1. The van der Waals surface area contributed by atoms with E-state index in [2.05, 4.69) is 28.2 Å². The average Bonchev–Trinajstić information content (AvgIpc) is 2.67. The molecule has 0 saturated carbocycles. The Morgan fingerprint density at radius 3 is 2.78 bits per heavy atom. The Morgan fingerprint density at radius 2 is 2.06 bits per heavy atom. The molecule has 0 atom stereocenters. The third kappa shape index (κ3) is 2.54. The summed E-state index contributed by atoms with van der Waals surface area (Å²) in [5, 5.41) is 4.42. The van der Waals surface area contributed by atoms with Crippen molar-refractivity contribution in [3.05, 3.63) is 36.0 Å². The van der Waals surface area contributed by atoms with Crippen molar-refractivity contribution >= 4 is 16.8 Å². The second-order valence-corrected chi connectivity index (χ2v) is 4.67. The van der Waals surface area contributed by atoms with Crippen LogP contribution in [-0.2, 0) is 18.4 Å². The van der Waals surface area contributed by atoms with E-state index in [9.17, 15) is 4.79 Å². The van der Waals surface area contributed by atoms with Gasteiger partial charge in [-0.15, -0.1) is 0 Å². The van der Waals surface area contributed by atoms with Gasteiger partial charge in [0, 0.05) is 44.8 Å². The van der Waals surface area contributed by atoms with E-state index in [0.29, 0.717) is 13.1 Å². The van der Waals surface area contributed by atoms with Crippen LogP contribution in [0.15, 0.2) is 30.5 Å². The molecule has 0 aliphatic heterocycles. The molecule has 0 fully saturated rings. The highest BCUT2D eigenvalue weighted by Gasteiger charge is 2.07. The largest absolute Gasteiger partial charge is 0.350 e. The number of rotatable bonds is 4. The van der Waals surface area contributed by atoms with Crippen molar-refractivity contribution in [1.82, 2.24) is 14.8 Å². The van der Waals surface area contributed by atoms with Gasteiger partial charge >= 0.3 is 0 Å². The predicted molar refractivity (Wildman–Crippen MR) is 73.3 cm³/mol. The zero-order valence-electron chi connectivity index (χ0n) is 11.1. The fourth-order valence-electron chi connectivity index (χ4n) is 2.03. The van der Waals surface area contributed by atoms with Crippen LogP contribution in [0.1, 0.15) is 5.56 Å². The highest BCUT2D eigenvalue weighted by molar-refractivity contribution is 5.84. The van der Waals surface area contributed by atoms with Crippen molar-refractivity contribution in [2.24, 2.45) is 7.05 Å². The molecule has 0 bridgehead atoms. The van der Waals surface area contributed by atoms with Crippen LogP contribution in [0.2, 0.25) is 0 Å². The Morgan fingerprint density at radius 1 is 1.33 bits per heavy atom. The molecule has 0 spiro atoms. The highest BCUT2D eigenvalue weighted by atomic mass is 16.2. The molecule has 4 heteroatoms. The quantitative estimate of drug-likeness (QED) is 0.883. The van der Waals surface area contributed by atoms with E-state index in [0.717, 1.165) is 0 Å². The summed E-state index contributed by atoms with van der Waals surface area (Å²) in [5.74, 6) is 0.0928. The fourth-order valence-corrected chi connectivity index (χ4v) is 2.03. The van der Waals surface area contributed by atoms with E-state index in [-0.39, 0.29) is 5.91 Å². The highest BCUT2D eigenvalue weighted by Crippen LogP contribution is 2.19. The zero-order chi connectivity index (χ0) is 13.1. The molecule has 18 heavy (non-hydrogen) atoms. The van der Waals surface area contributed by atoms with Crippen LogP contribution in [-0.4, -0.2) is 36.0 Å². The molecular weight excluding hydrogens is 226 g/mol. The maximum Gasteiger partial charge on any atom is 0.236 e. The van der Waals surface area contributed by atoms with Crippen LogP contribution in [0.3, 0.4) is 0 Å². The molecule has 0 aliphatic carbocycles. The topological polar surface area (TPSA) is 37.3 Å². The van der Waals surface area contributed by atoms with E-state index in [1.807, 2.05) is 19.2 Å². The first-order chi connectivity index (χ1) is 8.59. The zero-order valence-corrected chi connectivity index (χ0v) is 11.1. The van der Waals surface area contributed by atoms with Crippen LogP contribution in [0.5, 0.6) is 0 Å². The second-order valence-electron chi connectivity index (χ2n) is 4.67. The number of carbonyl (C=O) groups is 1. The molecule has 2 aromatic rings. The van der Waals surface area contributed by atoms with Crippen molar-refractivity contribution in [2.75, 3.05) is 20.6 Å². The standard InChI is InChI=1S/C14H19N3O/c1-16(2)14(18)9-15-8-11-10-17(3)13-7-5-4-6-12(11)13/h4-7,10,15H,8-9H2,1-3H3. The second kappa shape index (κ2) is 5.23. The Labute approximate surface area is 107 Å². The number of amides is 1. The van der Waals surface area contributed by atoms with Gasteiger partial charge in [0.2, 0.25) is 5.91 Å². The summed E-state index contributed by atoms with van der Waals surface area (Å²) in [5.41, 5.74) is 2.44. The molecule has 1 aromatic heterocycles. The normalized spacial score (nSPS) is 10.8. The lowest BCUT2D eigenvalue weighted by Crippen LogP contribution is -2.32. The molecule has 1 aromatic carbocycles. The number of aromatic nitrogens is 1. The lowest BCUT2D eigenvalue weighted by Gasteiger charge is -2.10. The van der Waals surface area contributed by atoms with Crippen LogP contribution >= 0.6 is 0 Å². The molecule has 0 radical (unpaired) electrons. The van der Waals surface area contributed by atoms with Gasteiger partial charge < -0.3 is 14.8 Å². The Bertz CT molecular complexity index is 557. The Balaban J connectivity index is 2.06. The van der Waals surface area contributed by atoms with Crippen LogP contribution in [0.25, 0.3) is 10.9 Å². The smallest absolute Gasteiger partial charge is 0.236 e. The first kappa shape index (κ1) is 12.6. The molecular formula is C14H19N3O. The van der Waals surface area contributed by atoms with Gasteiger partial charge in [-0.05, 0) is 11.6 Å². The summed E-state index contributed by atoms with van der Waals surface area (Å²) < 4.78 is 2.11. The predicted octanol–water partition coefficient (Wildman–Crippen LogP) is 1.36. The van der Waals surface area contributed by atoms with Crippen LogP contribution in [0.4, 0.5) is 0 Å². The third-order valence-corrected chi connectivity index (χ3v) is 3.07. The summed E-state index contributed by atoms with van der Waals surface area (Å²) in [7, 11) is 5.57. The van der Waals surface area contributed by atoms with Crippen molar-refractivity contribution in [2.45, 2.75) is 6.54 Å². The number of likely N-dealkylation sites (N-methyl/N-ethyl adjacent to an activating group) is 1. The summed E-state index contributed by atoms with van der Waals surface area (Å²) >= 11 is 0. The van der Waals surface area contributed by atoms with Crippen molar-refractivity contribution in [3.8, 4) is 0 Å². The molecule has 1 amide bonds. The number of aryl methyl sites for hydroxylation is 1. The van der Waals surface area contributed by atoms with Gasteiger partial charge in [0.05, 0.1) is 6.54 Å². The molecule has 0 aliphatic rings. The summed E-state index contributed by atoms with van der Waals surface area (Å²) in [6.45, 7) is 1.08. The van der Waals surface area contributed by atoms with Gasteiger partial charge in [-0.2, -0.15) is 0 Å². The summed E-state index contributed by atoms with van der Waals surface area (Å²) in [6, 6.07) is 8.29. The van der Waals surface area contributed by atoms with Crippen LogP contribution < -0.4 is 5.32 Å². The van der Waals surface area contributed by atoms with Crippen molar-refractivity contribution in [3.63, 3.8) is 0 Å². The Kier molecular flexibility index (Phi) is 3.67. The number of nitrogens with zero attached hydrogens (tertiary/aromatic N) is 2. The fraction of sp³-hybridized carbons (Fsp3) is 0.357. The van der Waals surface area contributed by atoms with Gasteiger partial charge in [0.15, 0.2) is 0 Å². The van der Waals surface area contributed by atoms with Gasteiger partial charge in [-0.1, -0.05) is 18.2 Å². The average molecular weight is 245 g/mol. The van der Waals surface area contributed by atoms with Gasteiger partial charge in [-0.25, -0.2) is 0 Å². The van der Waals surface area contributed by atoms with Crippen molar-refractivity contribution < 1.29 is 4.79 Å². The van der Waals surface area contributed by atoms with Gasteiger partial charge in [0.1, 0.15) is 0 Å². The number of fused-ring (bicyclic) bond motifs is 1. The van der Waals surface area contributed by atoms with E-state index in [1.54, 1.807) is 19.0 Å². The molecule has 0 unspecified atom stereocenters. The van der Waals surface area contributed by atoms with E-state index >= 15 is 0 Å².